The summed E-state index contributed by atoms with van der Waals surface area (Å²) in [6, 6.07) is 0.321. The van der Waals surface area contributed by atoms with E-state index in [9.17, 15) is 0 Å². The van der Waals surface area contributed by atoms with Crippen molar-refractivity contribution in [2.75, 3.05) is 19.7 Å². The van der Waals surface area contributed by atoms with Gasteiger partial charge in [0.1, 0.15) is 0 Å². The highest BCUT2D eigenvalue weighted by molar-refractivity contribution is 5.06. The highest BCUT2D eigenvalue weighted by Crippen LogP contribution is 2.24. The van der Waals surface area contributed by atoms with Crippen molar-refractivity contribution in [1.29, 1.82) is 0 Å². The lowest BCUT2D eigenvalue weighted by molar-refractivity contribution is 0.0491. The van der Waals surface area contributed by atoms with Crippen LogP contribution in [0.5, 0.6) is 0 Å². The molecule has 2 heterocycles. The van der Waals surface area contributed by atoms with E-state index in [1.807, 2.05) is 19.3 Å². The minimum atomic E-state index is 0.321. The maximum Gasteiger partial charge on any atom is 0.0755 e. The first-order valence-corrected chi connectivity index (χ1v) is 7.70. The topological polar surface area (TPSA) is 38.2 Å². The van der Waals surface area contributed by atoms with Gasteiger partial charge in [0, 0.05) is 25.9 Å². The van der Waals surface area contributed by atoms with Gasteiger partial charge in [-0.15, -0.1) is 0 Å². The van der Waals surface area contributed by atoms with Gasteiger partial charge in [-0.3, -0.25) is 14.9 Å². The maximum absolute atomic E-state index is 5.97. The molecule has 1 aliphatic heterocycles. The summed E-state index contributed by atoms with van der Waals surface area (Å²) in [5.41, 5.74) is 2.02. The molecule has 2 atom stereocenters. The van der Waals surface area contributed by atoms with Gasteiger partial charge < -0.3 is 4.74 Å². The van der Waals surface area contributed by atoms with E-state index in [2.05, 4.69) is 35.6 Å². The second-order valence-corrected chi connectivity index (χ2v) is 6.22. The Morgan fingerprint density at radius 1 is 1.30 bits per heavy atom. The second-order valence-electron chi connectivity index (χ2n) is 6.22. The Balaban J connectivity index is 1.81. The smallest absolute Gasteiger partial charge is 0.0755 e. The molecular weight excluding hydrogens is 250 g/mol. The Hall–Kier alpha value is -1.00. The van der Waals surface area contributed by atoms with E-state index in [1.165, 1.54) is 0 Å². The van der Waals surface area contributed by atoms with Crippen molar-refractivity contribution in [3.05, 3.63) is 23.8 Å². The highest BCUT2D eigenvalue weighted by atomic mass is 16.5. The zero-order valence-corrected chi connectivity index (χ0v) is 13.2. The highest BCUT2D eigenvalue weighted by Gasteiger charge is 2.27. The molecule has 1 saturated heterocycles. The average molecular weight is 277 g/mol. The number of hydrogen-bond acceptors (Lipinski definition) is 4. The van der Waals surface area contributed by atoms with Crippen LogP contribution in [0.25, 0.3) is 0 Å². The van der Waals surface area contributed by atoms with Gasteiger partial charge in [-0.2, -0.15) is 0 Å². The molecule has 0 unspecified atom stereocenters. The van der Waals surface area contributed by atoms with E-state index in [4.69, 9.17) is 4.74 Å². The molecule has 0 amide bonds. The van der Waals surface area contributed by atoms with Crippen LogP contribution in [0.2, 0.25) is 0 Å². The van der Waals surface area contributed by atoms with Gasteiger partial charge in [-0.25, -0.2) is 0 Å². The van der Waals surface area contributed by atoms with E-state index in [0.717, 1.165) is 43.9 Å². The lowest BCUT2D eigenvalue weighted by Crippen LogP contribution is -2.27. The van der Waals surface area contributed by atoms with E-state index in [0.29, 0.717) is 18.1 Å². The minimum absolute atomic E-state index is 0.321. The molecule has 0 bridgehead atoms. The number of rotatable bonds is 6. The number of aromatic nitrogens is 2. The summed E-state index contributed by atoms with van der Waals surface area (Å²) >= 11 is 0. The van der Waals surface area contributed by atoms with E-state index in [1.54, 1.807) is 0 Å². The Kier molecular flexibility index (Phi) is 5.49. The number of ether oxygens (including phenoxy) is 1. The standard InChI is InChI=1S/C16H27N3O/c1-12(2)6-8-20-15-5-7-19(11-15)14(4)16-10-17-13(3)9-18-16/h9-10,12,14-15H,5-8,11H2,1-4H3/t14-,15+/m1/s1. The van der Waals surface area contributed by atoms with Crippen LogP contribution < -0.4 is 0 Å². The van der Waals surface area contributed by atoms with Crippen molar-refractivity contribution < 1.29 is 4.74 Å². The van der Waals surface area contributed by atoms with Crippen LogP contribution in [0, 0.1) is 12.8 Å². The minimum Gasteiger partial charge on any atom is -0.377 e. The molecule has 0 radical (unpaired) electrons. The molecule has 0 aliphatic carbocycles. The fourth-order valence-corrected chi connectivity index (χ4v) is 2.52. The van der Waals surface area contributed by atoms with Crippen molar-refractivity contribution >= 4 is 0 Å². The second kappa shape index (κ2) is 7.14. The van der Waals surface area contributed by atoms with Gasteiger partial charge in [-0.05, 0) is 32.6 Å². The first kappa shape index (κ1) is 15.4. The van der Waals surface area contributed by atoms with Gasteiger partial charge in [-0.1, -0.05) is 13.8 Å². The monoisotopic (exact) mass is 277 g/mol. The molecule has 0 saturated carbocycles. The van der Waals surface area contributed by atoms with Crippen molar-refractivity contribution in [3.8, 4) is 0 Å². The third-order valence-corrected chi connectivity index (χ3v) is 4.00. The summed E-state index contributed by atoms with van der Waals surface area (Å²) < 4.78 is 5.97. The predicted molar refractivity (Wildman–Crippen MR) is 80.6 cm³/mol. The van der Waals surface area contributed by atoms with Crippen LogP contribution in [0.15, 0.2) is 12.4 Å². The number of aryl methyl sites for hydroxylation is 1. The first-order chi connectivity index (χ1) is 9.56. The lowest BCUT2D eigenvalue weighted by Gasteiger charge is -2.23. The van der Waals surface area contributed by atoms with E-state index < -0.39 is 0 Å². The third kappa shape index (κ3) is 4.25. The molecular formula is C16H27N3O. The molecule has 1 aromatic rings. The number of likely N-dealkylation sites (tertiary alicyclic amines) is 1. The van der Waals surface area contributed by atoms with Crippen LogP contribution in [0.1, 0.15) is 51.0 Å². The van der Waals surface area contributed by atoms with Crippen LogP contribution in [0.3, 0.4) is 0 Å². The molecule has 20 heavy (non-hydrogen) atoms. The molecule has 0 N–H and O–H groups in total. The molecule has 4 nitrogen and oxygen atoms in total. The van der Waals surface area contributed by atoms with Gasteiger partial charge in [0.05, 0.1) is 29.7 Å². The van der Waals surface area contributed by atoms with Crippen molar-refractivity contribution in [2.45, 2.75) is 52.7 Å². The van der Waals surface area contributed by atoms with Crippen LogP contribution in [-0.2, 0) is 4.74 Å². The predicted octanol–water partition coefficient (Wildman–Crippen LogP) is 2.98. The summed E-state index contributed by atoms with van der Waals surface area (Å²) in [6.07, 6.45) is 6.40. The fourth-order valence-electron chi connectivity index (χ4n) is 2.52. The molecule has 1 fully saturated rings. The fraction of sp³-hybridized carbons (Fsp3) is 0.750. The summed E-state index contributed by atoms with van der Waals surface area (Å²) in [5.74, 6) is 0.717. The molecule has 1 aliphatic rings. The quantitative estimate of drug-likeness (QED) is 0.801. The Morgan fingerprint density at radius 2 is 2.10 bits per heavy atom. The molecule has 0 aromatic carbocycles. The lowest BCUT2D eigenvalue weighted by atomic mass is 10.1. The van der Waals surface area contributed by atoms with Gasteiger partial charge in [0.2, 0.25) is 0 Å². The van der Waals surface area contributed by atoms with Gasteiger partial charge in [0.15, 0.2) is 0 Å². The molecule has 0 spiro atoms. The van der Waals surface area contributed by atoms with Crippen molar-refractivity contribution in [3.63, 3.8) is 0 Å². The van der Waals surface area contributed by atoms with Crippen LogP contribution in [-0.4, -0.2) is 40.7 Å². The Morgan fingerprint density at radius 3 is 2.75 bits per heavy atom. The summed E-state index contributed by atoms with van der Waals surface area (Å²) in [4.78, 5) is 11.3. The first-order valence-electron chi connectivity index (χ1n) is 7.70. The van der Waals surface area contributed by atoms with Gasteiger partial charge in [0.25, 0.3) is 0 Å². The molecule has 4 heteroatoms. The Bertz CT molecular complexity index is 405. The average Bonchev–Trinajstić information content (AvgIpc) is 2.87. The zero-order chi connectivity index (χ0) is 14.5. The molecule has 1 aromatic heterocycles. The van der Waals surface area contributed by atoms with Gasteiger partial charge >= 0.3 is 0 Å². The summed E-state index contributed by atoms with van der Waals surface area (Å²) in [7, 11) is 0. The van der Waals surface area contributed by atoms with Crippen molar-refractivity contribution in [2.24, 2.45) is 5.92 Å². The molecule has 2 rings (SSSR count). The van der Waals surface area contributed by atoms with Crippen molar-refractivity contribution in [1.82, 2.24) is 14.9 Å². The third-order valence-electron chi connectivity index (χ3n) is 4.00. The SMILES string of the molecule is Cc1cnc([C@@H](C)N2CC[C@H](OCCC(C)C)C2)cn1. The summed E-state index contributed by atoms with van der Waals surface area (Å²) in [6.45, 7) is 11.6. The van der Waals surface area contributed by atoms with E-state index >= 15 is 0 Å². The number of nitrogens with zero attached hydrogens (tertiary/aromatic N) is 3. The van der Waals surface area contributed by atoms with E-state index in [-0.39, 0.29) is 0 Å². The Labute approximate surface area is 122 Å². The van der Waals surface area contributed by atoms with Crippen LogP contribution in [0.4, 0.5) is 0 Å². The zero-order valence-electron chi connectivity index (χ0n) is 13.2. The normalized spacial score (nSPS) is 21.6. The van der Waals surface area contributed by atoms with Crippen LogP contribution >= 0.6 is 0 Å². The molecule has 112 valence electrons. The number of hydrogen-bond donors (Lipinski definition) is 0. The summed E-state index contributed by atoms with van der Waals surface area (Å²) in [5, 5.41) is 0. The maximum atomic E-state index is 5.97. The largest absolute Gasteiger partial charge is 0.377 e.